The molecule has 9 heteroatoms. The largest absolute Gasteiger partial charge is 0.349 e. The van der Waals surface area contributed by atoms with Crippen LogP contribution in [0.15, 0.2) is 0 Å². The van der Waals surface area contributed by atoms with E-state index in [-0.39, 0.29) is 24.6 Å². The van der Waals surface area contributed by atoms with E-state index in [0.717, 1.165) is 6.26 Å². The molecule has 0 atom stereocenters. The van der Waals surface area contributed by atoms with Crippen molar-refractivity contribution in [3.05, 3.63) is 5.82 Å². The highest BCUT2D eigenvalue weighted by molar-refractivity contribution is 7.90. The molecule has 1 amide bonds. The van der Waals surface area contributed by atoms with Crippen molar-refractivity contribution in [3.63, 3.8) is 0 Å². The predicted octanol–water partition coefficient (Wildman–Crippen LogP) is -1.75. The second-order valence-electron chi connectivity index (χ2n) is 2.98. The zero-order valence-electron chi connectivity index (χ0n) is 8.10. The van der Waals surface area contributed by atoms with Crippen molar-refractivity contribution in [1.82, 2.24) is 25.9 Å². The summed E-state index contributed by atoms with van der Waals surface area (Å²) in [5.74, 6) is -0.168. The first-order chi connectivity index (χ1) is 6.97. The van der Waals surface area contributed by atoms with Gasteiger partial charge in [0.05, 0.1) is 12.3 Å². The number of carbonyl (C=O) groups is 1. The Morgan fingerprint density at radius 2 is 2.27 bits per heavy atom. The first kappa shape index (κ1) is 11.6. The summed E-state index contributed by atoms with van der Waals surface area (Å²) in [6, 6.07) is 0. The molecule has 0 radical (unpaired) electrons. The smallest absolute Gasteiger partial charge is 0.221 e. The maximum atomic E-state index is 11.1. The number of aromatic amines is 1. The Morgan fingerprint density at radius 1 is 1.53 bits per heavy atom. The fourth-order valence-corrected chi connectivity index (χ4v) is 1.36. The first-order valence-electron chi connectivity index (χ1n) is 4.14. The normalized spacial score (nSPS) is 11.3. The molecule has 84 valence electrons. The van der Waals surface area contributed by atoms with Crippen molar-refractivity contribution in [2.24, 2.45) is 0 Å². The Balaban J connectivity index is 2.25. The van der Waals surface area contributed by atoms with Gasteiger partial charge in [-0.15, -0.1) is 10.2 Å². The lowest BCUT2D eigenvalue weighted by molar-refractivity contribution is -0.120. The van der Waals surface area contributed by atoms with Gasteiger partial charge in [0.1, 0.15) is 9.84 Å². The fourth-order valence-electron chi connectivity index (χ4n) is 0.802. The number of nitrogens with one attached hydrogen (secondary N) is 2. The zero-order chi connectivity index (χ0) is 11.3. The van der Waals surface area contributed by atoms with Crippen LogP contribution in [0.1, 0.15) is 12.2 Å². The van der Waals surface area contributed by atoms with E-state index in [1.807, 2.05) is 0 Å². The molecule has 2 N–H and O–H groups in total. The molecule has 0 aliphatic rings. The number of H-pyrrole nitrogens is 1. The number of tetrazole rings is 1. The molecule has 1 aromatic rings. The number of hydrogen-bond acceptors (Lipinski definition) is 6. The molecule has 0 spiro atoms. The van der Waals surface area contributed by atoms with E-state index >= 15 is 0 Å². The van der Waals surface area contributed by atoms with Gasteiger partial charge in [0.15, 0.2) is 5.82 Å². The molecule has 0 saturated heterocycles. The molecule has 1 aromatic heterocycles. The van der Waals surface area contributed by atoms with Gasteiger partial charge in [-0.25, -0.2) is 8.42 Å². The second kappa shape index (κ2) is 4.82. The van der Waals surface area contributed by atoms with Gasteiger partial charge < -0.3 is 5.32 Å². The third-order valence-corrected chi connectivity index (χ3v) is 2.48. The van der Waals surface area contributed by atoms with Crippen molar-refractivity contribution >= 4 is 15.7 Å². The lowest BCUT2D eigenvalue weighted by atomic mass is 10.4. The molecule has 15 heavy (non-hydrogen) atoms. The van der Waals surface area contributed by atoms with E-state index in [9.17, 15) is 13.2 Å². The highest BCUT2D eigenvalue weighted by atomic mass is 32.2. The van der Waals surface area contributed by atoms with Gasteiger partial charge in [0.2, 0.25) is 5.91 Å². The molecular weight excluding hydrogens is 222 g/mol. The molecule has 0 aliphatic heterocycles. The first-order valence-corrected chi connectivity index (χ1v) is 6.20. The highest BCUT2D eigenvalue weighted by Crippen LogP contribution is 1.90. The van der Waals surface area contributed by atoms with Crippen LogP contribution in [0.5, 0.6) is 0 Å². The summed E-state index contributed by atoms with van der Waals surface area (Å²) in [7, 11) is -3.10. The van der Waals surface area contributed by atoms with Gasteiger partial charge in [0, 0.05) is 12.7 Å². The van der Waals surface area contributed by atoms with Crippen molar-refractivity contribution in [2.75, 3.05) is 12.0 Å². The quantitative estimate of drug-likeness (QED) is 0.622. The number of amides is 1. The topological polar surface area (TPSA) is 118 Å². The highest BCUT2D eigenvalue weighted by Gasteiger charge is 2.08. The lowest BCUT2D eigenvalue weighted by Crippen LogP contribution is -2.25. The molecule has 8 nitrogen and oxygen atoms in total. The van der Waals surface area contributed by atoms with Crippen LogP contribution < -0.4 is 5.32 Å². The number of carbonyl (C=O) groups excluding carboxylic acids is 1. The van der Waals surface area contributed by atoms with Crippen LogP contribution in [0.4, 0.5) is 0 Å². The summed E-state index contributed by atoms with van der Waals surface area (Å²) >= 11 is 0. The minimum Gasteiger partial charge on any atom is -0.349 e. The number of rotatable bonds is 5. The summed E-state index contributed by atoms with van der Waals surface area (Å²) in [4.78, 5) is 11.1. The van der Waals surface area contributed by atoms with E-state index in [1.165, 1.54) is 0 Å². The summed E-state index contributed by atoms with van der Waals surface area (Å²) in [6.07, 6.45) is 1.02. The average molecular weight is 233 g/mol. The SMILES string of the molecule is CS(=O)(=O)CCC(=O)NCc1nn[nH]n1. The Morgan fingerprint density at radius 3 is 2.80 bits per heavy atom. The van der Waals surface area contributed by atoms with Crippen molar-refractivity contribution in [3.8, 4) is 0 Å². The molecule has 1 heterocycles. The number of sulfone groups is 1. The van der Waals surface area contributed by atoms with Crippen LogP contribution in [0, 0.1) is 0 Å². The van der Waals surface area contributed by atoms with Gasteiger partial charge >= 0.3 is 0 Å². The minimum atomic E-state index is -3.10. The van der Waals surface area contributed by atoms with Gasteiger partial charge in [-0.1, -0.05) is 5.21 Å². The Hall–Kier alpha value is -1.51. The molecule has 1 rings (SSSR count). The van der Waals surface area contributed by atoms with Gasteiger partial charge in [0.25, 0.3) is 0 Å². The standard InChI is InChI=1S/C6H11N5O3S/c1-15(13,14)3-2-6(12)7-4-5-8-10-11-9-5/h2-4H2,1H3,(H,7,12)(H,8,9,10,11). The van der Waals surface area contributed by atoms with E-state index < -0.39 is 9.84 Å². The Labute approximate surface area is 86.4 Å². The second-order valence-corrected chi connectivity index (χ2v) is 5.24. The van der Waals surface area contributed by atoms with Gasteiger partial charge in [-0.3, -0.25) is 4.79 Å². The third kappa shape index (κ3) is 5.05. The maximum Gasteiger partial charge on any atom is 0.221 e. The zero-order valence-corrected chi connectivity index (χ0v) is 8.91. The van der Waals surface area contributed by atoms with E-state index in [1.54, 1.807) is 0 Å². The van der Waals surface area contributed by atoms with E-state index in [0.29, 0.717) is 5.82 Å². The Bertz CT molecular complexity index is 412. The van der Waals surface area contributed by atoms with Crippen molar-refractivity contribution in [1.29, 1.82) is 0 Å². The summed E-state index contributed by atoms with van der Waals surface area (Å²) < 4.78 is 21.5. The molecule has 0 aromatic carbocycles. The molecule has 0 unspecified atom stereocenters. The minimum absolute atomic E-state index is 0.0588. The van der Waals surface area contributed by atoms with E-state index in [4.69, 9.17) is 0 Å². The van der Waals surface area contributed by atoms with Crippen LogP contribution >= 0.6 is 0 Å². The maximum absolute atomic E-state index is 11.1. The summed E-state index contributed by atoms with van der Waals surface area (Å²) in [6.45, 7) is 0.138. The fraction of sp³-hybridized carbons (Fsp3) is 0.667. The van der Waals surface area contributed by atoms with Gasteiger partial charge in [-0.2, -0.15) is 5.21 Å². The average Bonchev–Trinajstić information content (AvgIpc) is 2.62. The Kier molecular flexibility index (Phi) is 3.72. The molecule has 0 saturated carbocycles. The summed E-state index contributed by atoms with van der Waals surface area (Å²) in [5, 5.41) is 15.2. The lowest BCUT2D eigenvalue weighted by Gasteiger charge is -2.00. The summed E-state index contributed by atoms with van der Waals surface area (Å²) in [5.41, 5.74) is 0. The third-order valence-electron chi connectivity index (χ3n) is 1.53. The number of nitrogens with zero attached hydrogens (tertiary/aromatic N) is 3. The van der Waals surface area contributed by atoms with E-state index in [2.05, 4.69) is 25.9 Å². The molecule has 0 bridgehead atoms. The van der Waals surface area contributed by atoms with Crippen LogP contribution in [0.2, 0.25) is 0 Å². The molecular formula is C6H11N5O3S. The van der Waals surface area contributed by atoms with Crippen LogP contribution in [0.3, 0.4) is 0 Å². The van der Waals surface area contributed by atoms with Crippen LogP contribution in [-0.2, 0) is 21.2 Å². The predicted molar refractivity (Wildman–Crippen MR) is 50.4 cm³/mol. The van der Waals surface area contributed by atoms with Crippen molar-refractivity contribution < 1.29 is 13.2 Å². The molecule has 0 fully saturated rings. The molecule has 0 aliphatic carbocycles. The number of hydrogen-bond donors (Lipinski definition) is 2. The monoisotopic (exact) mass is 233 g/mol. The van der Waals surface area contributed by atoms with Crippen LogP contribution in [-0.4, -0.2) is 47.0 Å². The van der Waals surface area contributed by atoms with Crippen LogP contribution in [0.25, 0.3) is 0 Å². The number of aromatic nitrogens is 4. The van der Waals surface area contributed by atoms with Gasteiger partial charge in [-0.05, 0) is 0 Å². The van der Waals surface area contributed by atoms with Crippen molar-refractivity contribution in [2.45, 2.75) is 13.0 Å².